The number of para-hydroxylation sites is 1. The molecule has 1 atom stereocenters. The lowest BCUT2D eigenvalue weighted by Crippen LogP contribution is -2.37. The van der Waals surface area contributed by atoms with Crippen molar-refractivity contribution in [1.82, 2.24) is 35.1 Å². The zero-order valence-corrected chi connectivity index (χ0v) is 13.1. The third-order valence-electron chi connectivity index (χ3n) is 4.10. The van der Waals surface area contributed by atoms with Crippen LogP contribution >= 0.6 is 0 Å². The highest BCUT2D eigenvalue weighted by Gasteiger charge is 2.20. The Kier molecular flexibility index (Phi) is 3.63. The van der Waals surface area contributed by atoms with Crippen molar-refractivity contribution in [3.05, 3.63) is 53.9 Å². The molecule has 0 saturated heterocycles. The summed E-state index contributed by atoms with van der Waals surface area (Å²) in [6, 6.07) is 10.4. The minimum absolute atomic E-state index is 0.394. The van der Waals surface area contributed by atoms with Crippen LogP contribution in [0.3, 0.4) is 0 Å². The van der Waals surface area contributed by atoms with Gasteiger partial charge in [-0.15, -0.1) is 5.10 Å². The number of fused-ring (bicyclic) bond motifs is 1. The first-order valence-corrected chi connectivity index (χ1v) is 7.88. The minimum Gasteiger partial charge on any atom is -0.306 e. The van der Waals surface area contributed by atoms with Gasteiger partial charge in [0.1, 0.15) is 11.6 Å². The predicted molar refractivity (Wildman–Crippen MR) is 85.1 cm³/mol. The molecule has 0 bridgehead atoms. The van der Waals surface area contributed by atoms with Crippen molar-refractivity contribution in [3.63, 3.8) is 0 Å². The number of benzene rings is 1. The molecule has 0 aliphatic carbocycles. The summed E-state index contributed by atoms with van der Waals surface area (Å²) in [5.74, 6) is 1.95. The van der Waals surface area contributed by atoms with E-state index in [-0.39, 0.29) is 0 Å². The largest absolute Gasteiger partial charge is 0.306 e. The summed E-state index contributed by atoms with van der Waals surface area (Å²) in [4.78, 5) is 4.44. The molecule has 0 amide bonds. The molecule has 3 heterocycles. The third kappa shape index (κ3) is 3.00. The topological polar surface area (TPSA) is 73.5 Å². The van der Waals surface area contributed by atoms with E-state index < -0.39 is 0 Å². The van der Waals surface area contributed by atoms with Crippen LogP contribution in [0.2, 0.25) is 0 Å². The summed E-state index contributed by atoms with van der Waals surface area (Å²) in [5, 5.41) is 16.4. The molecule has 1 aliphatic rings. The second-order valence-electron chi connectivity index (χ2n) is 5.86. The Hall–Kier alpha value is -2.54. The van der Waals surface area contributed by atoms with Crippen LogP contribution in [0.4, 0.5) is 0 Å². The molecule has 0 unspecified atom stereocenters. The Morgan fingerprint density at radius 3 is 3.00 bits per heavy atom. The van der Waals surface area contributed by atoms with Crippen LogP contribution in [0.5, 0.6) is 0 Å². The van der Waals surface area contributed by atoms with E-state index in [1.54, 1.807) is 4.68 Å². The van der Waals surface area contributed by atoms with Crippen LogP contribution in [-0.4, -0.2) is 35.8 Å². The van der Waals surface area contributed by atoms with Crippen molar-refractivity contribution in [3.8, 4) is 5.69 Å². The number of nitrogens with zero attached hydrogens (tertiary/aromatic N) is 6. The first kappa shape index (κ1) is 14.1. The van der Waals surface area contributed by atoms with Crippen LogP contribution in [0, 0.1) is 6.92 Å². The molecule has 2 aromatic heterocycles. The molecule has 0 spiro atoms. The molecular formula is C16H19N7. The van der Waals surface area contributed by atoms with Crippen LogP contribution in [0.15, 0.2) is 36.5 Å². The monoisotopic (exact) mass is 309 g/mol. The fourth-order valence-corrected chi connectivity index (χ4v) is 2.94. The Balaban J connectivity index is 1.38. The lowest BCUT2D eigenvalue weighted by Gasteiger charge is -2.23. The number of rotatable bonds is 4. The van der Waals surface area contributed by atoms with Gasteiger partial charge in [0.15, 0.2) is 0 Å². The summed E-state index contributed by atoms with van der Waals surface area (Å²) >= 11 is 0. The van der Waals surface area contributed by atoms with Crippen LogP contribution in [-0.2, 0) is 19.5 Å². The maximum atomic E-state index is 4.44. The summed E-state index contributed by atoms with van der Waals surface area (Å²) in [7, 11) is 0. The first-order chi connectivity index (χ1) is 11.3. The summed E-state index contributed by atoms with van der Waals surface area (Å²) in [6.45, 7) is 3.51. The number of aromatic nitrogens is 6. The van der Waals surface area contributed by atoms with Gasteiger partial charge in [0, 0.05) is 19.0 Å². The van der Waals surface area contributed by atoms with Crippen molar-refractivity contribution >= 4 is 0 Å². The molecule has 3 aromatic rings. The van der Waals surface area contributed by atoms with E-state index in [0.717, 1.165) is 42.4 Å². The lowest BCUT2D eigenvalue weighted by atomic mass is 10.1. The van der Waals surface area contributed by atoms with E-state index in [4.69, 9.17) is 0 Å². The minimum atomic E-state index is 0.394. The highest BCUT2D eigenvalue weighted by molar-refractivity contribution is 5.29. The summed E-state index contributed by atoms with van der Waals surface area (Å²) < 4.78 is 3.81. The summed E-state index contributed by atoms with van der Waals surface area (Å²) in [5.41, 5.74) is 1.96. The molecule has 1 aliphatic heterocycles. The quantitative estimate of drug-likeness (QED) is 0.786. The van der Waals surface area contributed by atoms with Gasteiger partial charge in [-0.25, -0.2) is 14.3 Å². The van der Waals surface area contributed by atoms with E-state index in [9.17, 15) is 0 Å². The molecule has 7 heteroatoms. The van der Waals surface area contributed by atoms with Gasteiger partial charge in [0.05, 0.1) is 24.1 Å². The predicted octanol–water partition coefficient (Wildman–Crippen LogP) is 1.27. The van der Waals surface area contributed by atoms with Crippen molar-refractivity contribution in [2.45, 2.75) is 38.9 Å². The second-order valence-corrected chi connectivity index (χ2v) is 5.86. The number of aryl methyl sites for hydroxylation is 2. The maximum Gasteiger partial charge on any atom is 0.147 e. The molecule has 23 heavy (non-hydrogen) atoms. The Labute approximate surface area is 134 Å². The van der Waals surface area contributed by atoms with Gasteiger partial charge >= 0.3 is 0 Å². The normalized spacial score (nSPS) is 17.2. The van der Waals surface area contributed by atoms with Gasteiger partial charge in [-0.2, -0.15) is 5.10 Å². The van der Waals surface area contributed by atoms with Crippen molar-refractivity contribution in [2.75, 3.05) is 0 Å². The van der Waals surface area contributed by atoms with Crippen molar-refractivity contribution < 1.29 is 0 Å². The molecular weight excluding hydrogens is 290 g/mol. The Morgan fingerprint density at radius 1 is 1.26 bits per heavy atom. The number of hydrogen-bond acceptors (Lipinski definition) is 5. The molecule has 7 nitrogen and oxygen atoms in total. The highest BCUT2D eigenvalue weighted by Crippen LogP contribution is 2.13. The molecule has 0 saturated carbocycles. The SMILES string of the molecule is Cc1nc2n(n1)C[C@H](NCc1cn(-c3ccccc3)nn1)CC2. The van der Waals surface area contributed by atoms with Crippen LogP contribution in [0.25, 0.3) is 5.69 Å². The van der Waals surface area contributed by atoms with Crippen LogP contribution in [0.1, 0.15) is 23.8 Å². The average molecular weight is 309 g/mol. The van der Waals surface area contributed by atoms with E-state index >= 15 is 0 Å². The van der Waals surface area contributed by atoms with Crippen molar-refractivity contribution in [2.24, 2.45) is 0 Å². The van der Waals surface area contributed by atoms with Gasteiger partial charge in [-0.3, -0.25) is 0 Å². The fraction of sp³-hybridized carbons (Fsp3) is 0.375. The van der Waals surface area contributed by atoms with E-state index in [1.807, 2.05) is 48.1 Å². The standard InChI is InChI=1S/C16H19N7/c1-12-18-16-8-7-13(10-23(16)20-12)17-9-14-11-22(21-19-14)15-5-3-2-4-6-15/h2-6,11,13,17H,7-10H2,1H3/t13-/m1/s1. The van der Waals surface area contributed by atoms with Crippen LogP contribution < -0.4 is 5.32 Å². The van der Waals surface area contributed by atoms with E-state index in [0.29, 0.717) is 12.6 Å². The zero-order valence-electron chi connectivity index (χ0n) is 13.1. The molecule has 1 aromatic carbocycles. The molecule has 118 valence electrons. The van der Waals surface area contributed by atoms with Gasteiger partial charge in [0.25, 0.3) is 0 Å². The van der Waals surface area contributed by atoms with E-state index in [2.05, 4.69) is 25.7 Å². The van der Waals surface area contributed by atoms with E-state index in [1.165, 1.54) is 0 Å². The molecule has 0 fully saturated rings. The molecule has 1 N–H and O–H groups in total. The third-order valence-corrected chi connectivity index (χ3v) is 4.10. The van der Waals surface area contributed by atoms with Gasteiger partial charge < -0.3 is 5.32 Å². The fourth-order valence-electron chi connectivity index (χ4n) is 2.94. The van der Waals surface area contributed by atoms with Crippen molar-refractivity contribution in [1.29, 1.82) is 0 Å². The first-order valence-electron chi connectivity index (χ1n) is 7.88. The number of hydrogen-bond donors (Lipinski definition) is 1. The second kappa shape index (κ2) is 5.92. The smallest absolute Gasteiger partial charge is 0.147 e. The Morgan fingerprint density at radius 2 is 2.13 bits per heavy atom. The van der Waals surface area contributed by atoms with Gasteiger partial charge in [-0.1, -0.05) is 23.4 Å². The highest BCUT2D eigenvalue weighted by atomic mass is 15.4. The maximum absolute atomic E-state index is 4.44. The van der Waals surface area contributed by atoms with Gasteiger partial charge in [-0.05, 0) is 25.5 Å². The van der Waals surface area contributed by atoms with Gasteiger partial charge in [0.2, 0.25) is 0 Å². The average Bonchev–Trinajstić information content (AvgIpc) is 3.18. The Bertz CT molecular complexity index is 790. The molecule has 0 radical (unpaired) electrons. The summed E-state index contributed by atoms with van der Waals surface area (Å²) in [6.07, 6.45) is 4.01. The number of nitrogens with one attached hydrogen (secondary N) is 1. The lowest BCUT2D eigenvalue weighted by molar-refractivity contribution is 0.356. The zero-order chi connectivity index (χ0) is 15.6. The molecule has 4 rings (SSSR count).